The SMILES string of the molecule is CC(=O)N1C[C@H](CNC(=O)CC(=O)NCC(F)(F)C(F)(F)F)C(=O)N(C)c2ccccc21. The summed E-state index contributed by atoms with van der Waals surface area (Å²) in [6.45, 7) is -1.05. The summed E-state index contributed by atoms with van der Waals surface area (Å²) in [4.78, 5) is 51.0. The van der Waals surface area contributed by atoms with Crippen LogP contribution in [-0.4, -0.2) is 62.4 Å². The van der Waals surface area contributed by atoms with E-state index < -0.39 is 48.7 Å². The number of benzene rings is 1. The smallest absolute Gasteiger partial charge is 0.355 e. The van der Waals surface area contributed by atoms with Crippen LogP contribution in [0, 0.1) is 5.92 Å². The largest absolute Gasteiger partial charge is 0.455 e. The van der Waals surface area contributed by atoms with E-state index in [1.165, 1.54) is 29.1 Å². The number of rotatable bonds is 6. The molecule has 0 fully saturated rings. The Bertz CT molecular complexity index is 906. The summed E-state index contributed by atoms with van der Waals surface area (Å²) in [6.07, 6.45) is -6.85. The Morgan fingerprint density at radius 3 is 2.16 bits per heavy atom. The first-order valence-corrected chi connectivity index (χ1v) is 9.37. The number of nitrogens with zero attached hydrogens (tertiary/aromatic N) is 2. The molecular formula is C19H21F5N4O4. The van der Waals surface area contributed by atoms with Crippen molar-refractivity contribution in [1.29, 1.82) is 0 Å². The number of amides is 4. The number of hydrogen-bond acceptors (Lipinski definition) is 4. The average molecular weight is 464 g/mol. The summed E-state index contributed by atoms with van der Waals surface area (Å²) < 4.78 is 62.0. The molecule has 0 bridgehead atoms. The summed E-state index contributed by atoms with van der Waals surface area (Å²) in [5, 5.41) is 3.64. The lowest BCUT2D eigenvalue weighted by molar-refractivity contribution is -0.278. The molecular weight excluding hydrogens is 443 g/mol. The van der Waals surface area contributed by atoms with Crippen LogP contribution in [0.2, 0.25) is 0 Å². The molecule has 0 spiro atoms. The average Bonchev–Trinajstić information content (AvgIpc) is 2.80. The molecule has 1 aromatic carbocycles. The van der Waals surface area contributed by atoms with Crippen LogP contribution in [-0.2, 0) is 19.2 Å². The number of alkyl halides is 5. The van der Waals surface area contributed by atoms with Gasteiger partial charge in [0, 0.05) is 27.1 Å². The second kappa shape index (κ2) is 9.49. The molecule has 0 radical (unpaired) electrons. The Morgan fingerprint density at radius 1 is 1.03 bits per heavy atom. The number of carbonyl (C=O) groups is 4. The number of para-hydroxylation sites is 2. The molecule has 1 aliphatic rings. The number of halogens is 5. The minimum absolute atomic E-state index is 0.0696. The van der Waals surface area contributed by atoms with Crippen LogP contribution in [0.3, 0.4) is 0 Å². The first-order chi connectivity index (χ1) is 14.7. The van der Waals surface area contributed by atoms with Gasteiger partial charge in [-0.3, -0.25) is 19.2 Å². The van der Waals surface area contributed by atoms with Gasteiger partial charge in [-0.1, -0.05) is 12.1 Å². The van der Waals surface area contributed by atoms with Crippen LogP contribution in [0.25, 0.3) is 0 Å². The second-order valence-corrected chi connectivity index (χ2v) is 7.17. The van der Waals surface area contributed by atoms with Crippen LogP contribution in [0.15, 0.2) is 24.3 Å². The Balaban J connectivity index is 1.98. The number of anilines is 2. The van der Waals surface area contributed by atoms with Crippen molar-refractivity contribution in [3.8, 4) is 0 Å². The Kier molecular flexibility index (Phi) is 7.42. The Hall–Kier alpha value is -3.25. The zero-order chi connectivity index (χ0) is 24.3. The van der Waals surface area contributed by atoms with Crippen molar-refractivity contribution in [3.05, 3.63) is 24.3 Å². The molecule has 1 aromatic rings. The molecule has 8 nitrogen and oxygen atoms in total. The quantitative estimate of drug-likeness (QED) is 0.492. The van der Waals surface area contributed by atoms with Crippen molar-refractivity contribution in [1.82, 2.24) is 10.6 Å². The summed E-state index contributed by atoms with van der Waals surface area (Å²) >= 11 is 0. The number of fused-ring (bicyclic) bond motifs is 1. The van der Waals surface area contributed by atoms with Gasteiger partial charge in [-0.2, -0.15) is 22.0 Å². The molecule has 0 aromatic heterocycles. The molecule has 32 heavy (non-hydrogen) atoms. The Labute approximate surface area is 179 Å². The second-order valence-electron chi connectivity index (χ2n) is 7.17. The predicted octanol–water partition coefficient (Wildman–Crippen LogP) is 1.45. The molecule has 2 rings (SSSR count). The number of hydrogen-bond donors (Lipinski definition) is 2. The van der Waals surface area contributed by atoms with Crippen LogP contribution in [0.4, 0.5) is 33.3 Å². The summed E-state index contributed by atoms with van der Waals surface area (Å²) in [6, 6.07) is 6.67. The fraction of sp³-hybridized carbons (Fsp3) is 0.474. The van der Waals surface area contributed by atoms with Gasteiger partial charge in [-0.25, -0.2) is 0 Å². The van der Waals surface area contributed by atoms with E-state index in [0.717, 1.165) is 0 Å². The van der Waals surface area contributed by atoms with E-state index in [0.29, 0.717) is 11.4 Å². The van der Waals surface area contributed by atoms with Gasteiger partial charge in [-0.05, 0) is 12.1 Å². The van der Waals surface area contributed by atoms with E-state index >= 15 is 0 Å². The number of nitrogens with one attached hydrogen (secondary N) is 2. The summed E-state index contributed by atoms with van der Waals surface area (Å²) in [5.74, 6) is -9.12. The van der Waals surface area contributed by atoms with E-state index in [9.17, 15) is 41.1 Å². The third kappa shape index (κ3) is 5.71. The molecule has 2 N–H and O–H groups in total. The maximum absolute atomic E-state index is 12.8. The van der Waals surface area contributed by atoms with Crippen LogP contribution < -0.4 is 20.4 Å². The lowest BCUT2D eigenvalue weighted by Gasteiger charge is -2.23. The first-order valence-electron chi connectivity index (χ1n) is 9.37. The van der Waals surface area contributed by atoms with Gasteiger partial charge in [-0.15, -0.1) is 0 Å². The van der Waals surface area contributed by atoms with Gasteiger partial charge in [0.2, 0.25) is 23.6 Å². The maximum Gasteiger partial charge on any atom is 0.455 e. The highest BCUT2D eigenvalue weighted by molar-refractivity contribution is 6.05. The minimum atomic E-state index is -5.84. The lowest BCUT2D eigenvalue weighted by atomic mass is 10.1. The predicted molar refractivity (Wildman–Crippen MR) is 103 cm³/mol. The summed E-state index contributed by atoms with van der Waals surface area (Å²) in [5.41, 5.74) is 0.973. The van der Waals surface area contributed by atoms with E-state index in [4.69, 9.17) is 0 Å². The Morgan fingerprint density at radius 2 is 1.59 bits per heavy atom. The highest BCUT2D eigenvalue weighted by Gasteiger charge is 2.57. The molecule has 4 amide bonds. The molecule has 0 aliphatic carbocycles. The topological polar surface area (TPSA) is 98.8 Å². The van der Waals surface area contributed by atoms with Crippen molar-refractivity contribution >= 4 is 35.0 Å². The number of carbonyl (C=O) groups excluding carboxylic acids is 4. The van der Waals surface area contributed by atoms with Crippen LogP contribution in [0.1, 0.15) is 13.3 Å². The molecule has 0 saturated carbocycles. The molecule has 13 heteroatoms. The molecule has 0 saturated heterocycles. The van der Waals surface area contributed by atoms with E-state index in [1.807, 2.05) is 0 Å². The van der Waals surface area contributed by atoms with E-state index in [1.54, 1.807) is 24.3 Å². The third-order valence-corrected chi connectivity index (χ3v) is 4.79. The van der Waals surface area contributed by atoms with Crippen LogP contribution >= 0.6 is 0 Å². The van der Waals surface area contributed by atoms with Gasteiger partial charge in [0.1, 0.15) is 6.42 Å². The van der Waals surface area contributed by atoms with E-state index in [-0.39, 0.29) is 19.0 Å². The molecule has 1 atom stereocenters. The standard InChI is InChI=1S/C19H21F5N4O4/c1-11(29)28-9-12(17(32)27(2)13-5-3-4-6-14(13)28)8-25-15(30)7-16(31)26-10-18(20,21)19(22,23)24/h3-6,12H,7-10H2,1-2H3,(H,25,30)(H,26,31)/t12-/m0/s1. The lowest BCUT2D eigenvalue weighted by Crippen LogP contribution is -2.48. The van der Waals surface area contributed by atoms with Crippen molar-refractivity contribution in [2.24, 2.45) is 5.92 Å². The third-order valence-electron chi connectivity index (χ3n) is 4.79. The van der Waals surface area contributed by atoms with Crippen molar-refractivity contribution < 1.29 is 41.1 Å². The zero-order valence-corrected chi connectivity index (χ0v) is 17.1. The fourth-order valence-corrected chi connectivity index (χ4v) is 3.03. The fourth-order valence-electron chi connectivity index (χ4n) is 3.03. The first kappa shape index (κ1) is 25.0. The molecule has 176 valence electrons. The molecule has 0 unspecified atom stereocenters. The van der Waals surface area contributed by atoms with Crippen molar-refractivity contribution in [2.45, 2.75) is 25.4 Å². The van der Waals surface area contributed by atoms with Gasteiger partial charge in [0.05, 0.1) is 23.8 Å². The highest BCUT2D eigenvalue weighted by Crippen LogP contribution is 2.35. The van der Waals surface area contributed by atoms with Crippen molar-refractivity contribution in [2.75, 3.05) is 36.5 Å². The minimum Gasteiger partial charge on any atom is -0.355 e. The van der Waals surface area contributed by atoms with Gasteiger partial charge < -0.3 is 20.4 Å². The summed E-state index contributed by atoms with van der Waals surface area (Å²) in [7, 11) is 1.49. The van der Waals surface area contributed by atoms with Gasteiger partial charge in [0.25, 0.3) is 0 Å². The van der Waals surface area contributed by atoms with E-state index in [2.05, 4.69) is 5.32 Å². The zero-order valence-electron chi connectivity index (χ0n) is 17.1. The molecule has 1 heterocycles. The highest BCUT2D eigenvalue weighted by atomic mass is 19.4. The van der Waals surface area contributed by atoms with Crippen LogP contribution in [0.5, 0.6) is 0 Å². The van der Waals surface area contributed by atoms with Crippen molar-refractivity contribution in [3.63, 3.8) is 0 Å². The van der Waals surface area contributed by atoms with Gasteiger partial charge >= 0.3 is 12.1 Å². The maximum atomic E-state index is 12.8. The van der Waals surface area contributed by atoms with Gasteiger partial charge in [0.15, 0.2) is 0 Å². The molecule has 1 aliphatic heterocycles. The normalized spacial score (nSPS) is 16.8. The monoisotopic (exact) mass is 464 g/mol.